The summed E-state index contributed by atoms with van der Waals surface area (Å²) >= 11 is 0. The van der Waals surface area contributed by atoms with Gasteiger partial charge in [-0.1, -0.05) is 30.3 Å². The second-order valence-corrected chi connectivity index (χ2v) is 5.57. The number of ketones is 1. The average Bonchev–Trinajstić information content (AvgIpc) is 3.17. The summed E-state index contributed by atoms with van der Waals surface area (Å²) in [5, 5.41) is 4.64. The molecule has 6 heteroatoms. The summed E-state index contributed by atoms with van der Waals surface area (Å²) in [4.78, 5) is 28.0. The molecule has 0 aliphatic heterocycles. The number of rotatable bonds is 5. The minimum Gasteiger partial charge on any atom is -0.451 e. The topological polar surface area (TPSA) is 85.2 Å². The van der Waals surface area contributed by atoms with E-state index in [1.54, 1.807) is 20.0 Å². The van der Waals surface area contributed by atoms with Gasteiger partial charge in [0, 0.05) is 22.7 Å². The van der Waals surface area contributed by atoms with E-state index in [0.29, 0.717) is 29.0 Å². The molecule has 0 radical (unpaired) electrons. The Morgan fingerprint density at radius 2 is 2.08 bits per heavy atom. The normalized spacial score (nSPS) is 12.3. The number of nitrogens with one attached hydrogen (secondary N) is 1. The fraction of sp³-hybridized carbons (Fsp3) is 0.278. The predicted molar refractivity (Wildman–Crippen MR) is 88.1 cm³/mol. The summed E-state index contributed by atoms with van der Waals surface area (Å²) in [6, 6.07) is 7.49. The van der Waals surface area contributed by atoms with Crippen molar-refractivity contribution in [2.45, 2.75) is 33.3 Å². The lowest BCUT2D eigenvalue weighted by atomic mass is 10.1. The zero-order chi connectivity index (χ0) is 17.3. The number of benzene rings is 1. The fourth-order valence-corrected chi connectivity index (χ4v) is 2.69. The Kier molecular flexibility index (Phi) is 4.20. The quantitative estimate of drug-likeness (QED) is 0.573. The van der Waals surface area contributed by atoms with Crippen molar-refractivity contribution in [1.82, 2.24) is 10.1 Å². The van der Waals surface area contributed by atoms with Gasteiger partial charge in [0.05, 0.1) is 5.69 Å². The Morgan fingerprint density at radius 1 is 1.33 bits per heavy atom. The first-order valence-corrected chi connectivity index (χ1v) is 7.79. The van der Waals surface area contributed by atoms with Crippen LogP contribution in [-0.2, 0) is 11.2 Å². The van der Waals surface area contributed by atoms with E-state index in [2.05, 4.69) is 10.1 Å². The third kappa shape index (κ3) is 2.71. The maximum atomic E-state index is 12.6. The predicted octanol–water partition coefficient (Wildman–Crippen LogP) is 3.45. The van der Waals surface area contributed by atoms with Gasteiger partial charge < -0.3 is 14.2 Å². The lowest BCUT2D eigenvalue weighted by molar-refractivity contribution is 0.0317. The molecule has 0 aliphatic carbocycles. The van der Waals surface area contributed by atoms with Crippen LogP contribution in [-0.4, -0.2) is 28.0 Å². The molecule has 6 nitrogen and oxygen atoms in total. The first-order valence-electron chi connectivity index (χ1n) is 7.79. The first kappa shape index (κ1) is 16.0. The molecule has 24 heavy (non-hydrogen) atoms. The summed E-state index contributed by atoms with van der Waals surface area (Å²) in [6.07, 6.45) is 1.28. The number of carbonyl (C=O) groups is 2. The van der Waals surface area contributed by atoms with Crippen molar-refractivity contribution in [3.8, 4) is 0 Å². The highest BCUT2D eigenvalue weighted by Gasteiger charge is 2.26. The van der Waals surface area contributed by atoms with E-state index in [-0.39, 0.29) is 5.78 Å². The number of H-pyrrole nitrogens is 1. The molecule has 1 N–H and O–H groups in total. The molecule has 0 spiro atoms. The van der Waals surface area contributed by atoms with E-state index in [4.69, 9.17) is 9.26 Å². The van der Waals surface area contributed by atoms with Gasteiger partial charge in [0.2, 0.25) is 5.78 Å². The van der Waals surface area contributed by atoms with Crippen LogP contribution in [0.15, 0.2) is 35.0 Å². The van der Waals surface area contributed by atoms with Gasteiger partial charge in [-0.25, -0.2) is 4.79 Å². The smallest absolute Gasteiger partial charge is 0.344 e. The summed E-state index contributed by atoms with van der Waals surface area (Å²) < 4.78 is 10.4. The van der Waals surface area contributed by atoms with Crippen molar-refractivity contribution in [2.75, 3.05) is 0 Å². The van der Waals surface area contributed by atoms with Gasteiger partial charge in [0.15, 0.2) is 6.10 Å². The second-order valence-electron chi connectivity index (χ2n) is 5.57. The van der Waals surface area contributed by atoms with Gasteiger partial charge in [-0.2, -0.15) is 0 Å². The molecule has 2 aromatic heterocycles. The molecule has 1 aromatic carbocycles. The van der Waals surface area contributed by atoms with Gasteiger partial charge in [0.1, 0.15) is 11.3 Å². The number of aromatic amines is 1. The van der Waals surface area contributed by atoms with Crippen molar-refractivity contribution in [1.29, 1.82) is 0 Å². The molecule has 1 unspecified atom stereocenters. The van der Waals surface area contributed by atoms with Crippen LogP contribution >= 0.6 is 0 Å². The lowest BCUT2D eigenvalue weighted by Crippen LogP contribution is -2.25. The minimum atomic E-state index is -0.907. The maximum Gasteiger partial charge on any atom is 0.344 e. The molecule has 3 rings (SSSR count). The summed E-state index contributed by atoms with van der Waals surface area (Å²) in [5.74, 6) is -0.456. The van der Waals surface area contributed by atoms with Crippen LogP contribution in [0, 0.1) is 6.92 Å². The van der Waals surface area contributed by atoms with Gasteiger partial charge in [-0.15, -0.1) is 0 Å². The zero-order valence-electron chi connectivity index (χ0n) is 13.8. The number of carbonyl (C=O) groups excluding carboxylic acids is 2. The minimum absolute atomic E-state index is 0.257. The standard InChI is InChI=1S/C18H18N2O4/c1-4-14-16(10(2)24-20-14)18(22)23-11(3)17(21)13-9-19-15-8-6-5-7-12(13)15/h5-9,11,19H,4H2,1-3H3. The number of Topliss-reactive ketones (excluding diaryl/α,β-unsaturated/α-hetero) is 1. The van der Waals surface area contributed by atoms with Crippen molar-refractivity contribution in [3.63, 3.8) is 0 Å². The van der Waals surface area contributed by atoms with Crippen LogP contribution in [0.5, 0.6) is 0 Å². The number of hydrogen-bond donors (Lipinski definition) is 1. The molecule has 0 amide bonds. The van der Waals surface area contributed by atoms with E-state index in [1.165, 1.54) is 0 Å². The highest BCUT2D eigenvalue weighted by atomic mass is 16.5. The third-order valence-electron chi connectivity index (χ3n) is 3.98. The molecule has 124 valence electrons. The van der Waals surface area contributed by atoms with Crippen molar-refractivity contribution in [2.24, 2.45) is 0 Å². The van der Waals surface area contributed by atoms with Gasteiger partial charge in [0.25, 0.3) is 0 Å². The Balaban J connectivity index is 1.81. The van der Waals surface area contributed by atoms with E-state index in [9.17, 15) is 9.59 Å². The molecule has 3 aromatic rings. The highest BCUT2D eigenvalue weighted by Crippen LogP contribution is 2.21. The molecule has 0 bridgehead atoms. The number of esters is 1. The molecule has 0 saturated heterocycles. The number of aromatic nitrogens is 2. The number of aryl methyl sites for hydroxylation is 2. The van der Waals surface area contributed by atoms with Crippen LogP contribution in [0.2, 0.25) is 0 Å². The Hall–Kier alpha value is -2.89. The van der Waals surface area contributed by atoms with E-state index in [1.807, 2.05) is 31.2 Å². The summed E-state index contributed by atoms with van der Waals surface area (Å²) in [5.41, 5.74) is 2.20. The van der Waals surface area contributed by atoms with Gasteiger partial charge >= 0.3 is 5.97 Å². The van der Waals surface area contributed by atoms with E-state index < -0.39 is 12.1 Å². The lowest BCUT2D eigenvalue weighted by Gasteiger charge is -2.12. The van der Waals surface area contributed by atoms with Crippen LogP contribution in [0.1, 0.15) is 46.0 Å². The SMILES string of the molecule is CCc1noc(C)c1C(=O)OC(C)C(=O)c1c[nH]c2ccccc12. The number of nitrogens with zero attached hydrogens (tertiary/aromatic N) is 1. The Bertz CT molecular complexity index is 907. The summed E-state index contributed by atoms with van der Waals surface area (Å²) in [6.45, 7) is 5.08. The largest absolute Gasteiger partial charge is 0.451 e. The molecule has 2 heterocycles. The van der Waals surface area contributed by atoms with Gasteiger partial charge in [-0.3, -0.25) is 4.79 Å². The van der Waals surface area contributed by atoms with Crippen molar-refractivity contribution >= 4 is 22.7 Å². The number of fused-ring (bicyclic) bond motifs is 1. The number of ether oxygens (including phenoxy) is 1. The van der Waals surface area contributed by atoms with Crippen molar-refractivity contribution < 1.29 is 18.8 Å². The first-order chi connectivity index (χ1) is 11.5. The van der Waals surface area contributed by atoms with E-state index >= 15 is 0 Å². The molecular weight excluding hydrogens is 308 g/mol. The van der Waals surface area contributed by atoms with Crippen LogP contribution in [0.25, 0.3) is 10.9 Å². The van der Waals surface area contributed by atoms with E-state index in [0.717, 1.165) is 10.9 Å². The summed E-state index contributed by atoms with van der Waals surface area (Å²) in [7, 11) is 0. The average molecular weight is 326 g/mol. The van der Waals surface area contributed by atoms with Crippen LogP contribution < -0.4 is 0 Å². The van der Waals surface area contributed by atoms with Crippen LogP contribution in [0.3, 0.4) is 0 Å². The van der Waals surface area contributed by atoms with Gasteiger partial charge in [-0.05, 0) is 26.3 Å². The monoisotopic (exact) mass is 326 g/mol. The third-order valence-corrected chi connectivity index (χ3v) is 3.98. The molecule has 0 saturated carbocycles. The number of para-hydroxylation sites is 1. The highest BCUT2D eigenvalue weighted by molar-refractivity contribution is 6.10. The molecule has 1 atom stereocenters. The molecule has 0 fully saturated rings. The molecule has 0 aliphatic rings. The van der Waals surface area contributed by atoms with Crippen LogP contribution in [0.4, 0.5) is 0 Å². The second kappa shape index (κ2) is 6.31. The zero-order valence-corrected chi connectivity index (χ0v) is 13.8. The maximum absolute atomic E-state index is 12.6. The fourth-order valence-electron chi connectivity index (χ4n) is 2.69. The molecular formula is C18H18N2O4. The number of hydrogen-bond acceptors (Lipinski definition) is 5. The Morgan fingerprint density at radius 3 is 2.83 bits per heavy atom. The van der Waals surface area contributed by atoms with Crippen molar-refractivity contribution in [3.05, 3.63) is 53.0 Å². The Labute approximate surface area is 138 Å².